The first-order valence-corrected chi connectivity index (χ1v) is 12.5. The summed E-state index contributed by atoms with van der Waals surface area (Å²) >= 11 is 0. The molecule has 2 aromatic heterocycles. The molecule has 0 bridgehead atoms. The quantitative estimate of drug-likeness (QED) is 0.344. The number of carbonyl (C=O) groups is 1. The normalized spacial score (nSPS) is 14.1. The Morgan fingerprint density at radius 3 is 2.75 bits per heavy atom. The number of carbonyl (C=O) groups excluding carboxylic acids is 1. The molecule has 36 heavy (non-hydrogen) atoms. The fourth-order valence-electron chi connectivity index (χ4n) is 5.01. The maximum Gasteiger partial charge on any atom is 0.255 e. The Kier molecular flexibility index (Phi) is 7.07. The summed E-state index contributed by atoms with van der Waals surface area (Å²) in [7, 11) is 1.65. The summed E-state index contributed by atoms with van der Waals surface area (Å²) in [5, 5.41) is 4.33. The van der Waals surface area contributed by atoms with Crippen LogP contribution in [0.2, 0.25) is 0 Å². The van der Waals surface area contributed by atoms with Crippen molar-refractivity contribution in [2.75, 3.05) is 38.3 Å². The largest absolute Gasteiger partial charge is 0.493 e. The van der Waals surface area contributed by atoms with Crippen LogP contribution >= 0.6 is 0 Å². The van der Waals surface area contributed by atoms with Gasteiger partial charge in [-0.05, 0) is 61.2 Å². The number of H-pyrrole nitrogens is 1. The van der Waals surface area contributed by atoms with Crippen LogP contribution in [-0.2, 0) is 0 Å². The molecule has 3 heterocycles. The van der Waals surface area contributed by atoms with E-state index in [1.165, 1.54) is 0 Å². The molecule has 1 saturated heterocycles. The molecule has 1 aliphatic rings. The molecule has 4 aromatic rings. The third-order valence-electron chi connectivity index (χ3n) is 6.79. The number of nitrogens with zero attached hydrogens (tertiary/aromatic N) is 2. The molecule has 0 spiro atoms. The van der Waals surface area contributed by atoms with Crippen LogP contribution in [0.5, 0.6) is 11.5 Å². The first-order valence-electron chi connectivity index (χ1n) is 12.5. The molecule has 0 aliphatic carbocycles. The summed E-state index contributed by atoms with van der Waals surface area (Å²) < 4.78 is 11.4. The molecular formula is C29H32N4O3. The molecule has 0 radical (unpaired) electrons. The van der Waals surface area contributed by atoms with Gasteiger partial charge in [0.2, 0.25) is 0 Å². The number of hydrogen-bond donors (Lipinski definition) is 2. The van der Waals surface area contributed by atoms with E-state index in [9.17, 15) is 4.79 Å². The Bertz CT molecular complexity index is 1340. The van der Waals surface area contributed by atoms with Crippen molar-refractivity contribution in [1.29, 1.82) is 0 Å². The standard InChI is InChI=1S/C29H32N4O3/c1-3-36-26-13-12-20(17-27(26)35-2)23(24-19-31-25-11-5-4-9-21(24)25)18-32-29(34)22-10-8-14-30-28(22)33-15-6-7-16-33/h4-5,8-14,17,19,23,31H,3,6-7,15-16,18H2,1-2H3,(H,32,34). The minimum absolute atomic E-state index is 0.0958. The fraction of sp³-hybridized carbons (Fsp3) is 0.310. The molecule has 7 heteroatoms. The SMILES string of the molecule is CCOc1ccc(C(CNC(=O)c2cccnc2N2CCCC2)c2c[nH]c3ccccc23)cc1OC. The fourth-order valence-corrected chi connectivity index (χ4v) is 5.01. The first-order chi connectivity index (χ1) is 17.7. The molecule has 1 fully saturated rings. The van der Waals surface area contributed by atoms with E-state index in [-0.39, 0.29) is 11.8 Å². The molecule has 7 nitrogen and oxygen atoms in total. The highest BCUT2D eigenvalue weighted by Gasteiger charge is 2.24. The number of pyridine rings is 1. The smallest absolute Gasteiger partial charge is 0.255 e. The van der Waals surface area contributed by atoms with Gasteiger partial charge in [-0.1, -0.05) is 24.3 Å². The van der Waals surface area contributed by atoms with Crippen LogP contribution in [0.15, 0.2) is 67.0 Å². The topological polar surface area (TPSA) is 79.5 Å². The summed E-state index contributed by atoms with van der Waals surface area (Å²) in [4.78, 5) is 23.5. The Hall–Kier alpha value is -4.00. The maximum absolute atomic E-state index is 13.4. The number of amides is 1. The number of hydrogen-bond acceptors (Lipinski definition) is 5. The lowest BCUT2D eigenvalue weighted by atomic mass is 9.90. The summed E-state index contributed by atoms with van der Waals surface area (Å²) in [6.45, 7) is 4.79. The van der Waals surface area contributed by atoms with Crippen molar-refractivity contribution in [3.8, 4) is 11.5 Å². The summed E-state index contributed by atoms with van der Waals surface area (Å²) in [5.41, 5.74) is 3.82. The van der Waals surface area contributed by atoms with Crippen molar-refractivity contribution in [3.05, 3.63) is 83.7 Å². The van der Waals surface area contributed by atoms with Crippen LogP contribution in [-0.4, -0.2) is 49.2 Å². The van der Waals surface area contributed by atoms with Gasteiger partial charge in [-0.15, -0.1) is 0 Å². The molecule has 1 amide bonds. The van der Waals surface area contributed by atoms with Crippen molar-refractivity contribution < 1.29 is 14.3 Å². The minimum Gasteiger partial charge on any atom is -0.493 e. The molecule has 2 N–H and O–H groups in total. The number of aromatic nitrogens is 2. The van der Waals surface area contributed by atoms with Crippen LogP contribution in [0.1, 0.15) is 47.2 Å². The average molecular weight is 485 g/mol. The number of nitrogens with one attached hydrogen (secondary N) is 2. The molecule has 1 aliphatic heterocycles. The number of para-hydroxylation sites is 1. The average Bonchev–Trinajstić information content (AvgIpc) is 3.60. The number of aromatic amines is 1. The molecule has 1 unspecified atom stereocenters. The van der Waals surface area contributed by atoms with Crippen molar-refractivity contribution in [2.24, 2.45) is 0 Å². The molecule has 2 aromatic carbocycles. The van der Waals surface area contributed by atoms with Gasteiger partial charge < -0.3 is 24.7 Å². The summed E-state index contributed by atoms with van der Waals surface area (Å²) in [6.07, 6.45) is 6.04. The van der Waals surface area contributed by atoms with Crippen molar-refractivity contribution >= 4 is 22.6 Å². The summed E-state index contributed by atoms with van der Waals surface area (Å²) in [5.74, 6) is 1.93. The van der Waals surface area contributed by atoms with Gasteiger partial charge in [-0.2, -0.15) is 0 Å². The Morgan fingerprint density at radius 1 is 1.11 bits per heavy atom. The highest BCUT2D eigenvalue weighted by atomic mass is 16.5. The molecular weight excluding hydrogens is 452 g/mol. The van der Waals surface area contributed by atoms with E-state index in [4.69, 9.17) is 9.47 Å². The Morgan fingerprint density at radius 2 is 1.94 bits per heavy atom. The van der Waals surface area contributed by atoms with Gasteiger partial charge in [-0.3, -0.25) is 4.79 Å². The van der Waals surface area contributed by atoms with Crippen molar-refractivity contribution in [2.45, 2.75) is 25.7 Å². The predicted molar refractivity (Wildman–Crippen MR) is 142 cm³/mol. The zero-order valence-electron chi connectivity index (χ0n) is 20.8. The number of methoxy groups -OCH3 is 1. The van der Waals surface area contributed by atoms with E-state index in [1.807, 2.05) is 55.6 Å². The van der Waals surface area contributed by atoms with Gasteiger partial charge in [0, 0.05) is 48.8 Å². The first kappa shape index (κ1) is 23.7. The zero-order valence-corrected chi connectivity index (χ0v) is 20.8. The van der Waals surface area contributed by atoms with Crippen LogP contribution in [0.4, 0.5) is 5.82 Å². The van der Waals surface area contributed by atoms with E-state index in [0.29, 0.717) is 30.2 Å². The van der Waals surface area contributed by atoms with Crippen molar-refractivity contribution in [1.82, 2.24) is 15.3 Å². The van der Waals surface area contributed by atoms with Crippen LogP contribution in [0.25, 0.3) is 10.9 Å². The van der Waals surface area contributed by atoms with E-state index >= 15 is 0 Å². The number of rotatable bonds is 9. The highest BCUT2D eigenvalue weighted by molar-refractivity contribution is 5.99. The van der Waals surface area contributed by atoms with Crippen LogP contribution < -0.4 is 19.7 Å². The molecule has 186 valence electrons. The van der Waals surface area contributed by atoms with E-state index in [0.717, 1.165) is 53.8 Å². The third kappa shape index (κ3) is 4.73. The Labute approximate surface area is 211 Å². The number of anilines is 1. The van der Waals surface area contributed by atoms with E-state index < -0.39 is 0 Å². The zero-order chi connectivity index (χ0) is 24.9. The number of fused-ring (bicyclic) bond motifs is 1. The van der Waals surface area contributed by atoms with Gasteiger partial charge >= 0.3 is 0 Å². The number of ether oxygens (including phenoxy) is 2. The van der Waals surface area contributed by atoms with Gasteiger partial charge in [0.25, 0.3) is 5.91 Å². The number of benzene rings is 2. The van der Waals surface area contributed by atoms with Gasteiger partial charge in [0.1, 0.15) is 5.82 Å². The van der Waals surface area contributed by atoms with Crippen LogP contribution in [0.3, 0.4) is 0 Å². The lowest BCUT2D eigenvalue weighted by Gasteiger charge is -2.22. The van der Waals surface area contributed by atoms with Gasteiger partial charge in [-0.25, -0.2) is 4.98 Å². The lowest BCUT2D eigenvalue weighted by molar-refractivity contribution is 0.0952. The molecule has 1 atom stereocenters. The van der Waals surface area contributed by atoms with E-state index in [1.54, 1.807) is 13.3 Å². The summed E-state index contributed by atoms with van der Waals surface area (Å²) in [6, 6.07) is 17.9. The van der Waals surface area contributed by atoms with Crippen LogP contribution in [0, 0.1) is 0 Å². The monoisotopic (exact) mass is 484 g/mol. The lowest BCUT2D eigenvalue weighted by Crippen LogP contribution is -2.31. The molecule has 5 rings (SSSR count). The molecule has 0 saturated carbocycles. The second kappa shape index (κ2) is 10.7. The Balaban J connectivity index is 1.47. The predicted octanol–water partition coefficient (Wildman–Crippen LogP) is 5.13. The third-order valence-corrected chi connectivity index (χ3v) is 6.79. The second-order valence-corrected chi connectivity index (χ2v) is 8.96. The minimum atomic E-state index is -0.118. The van der Waals surface area contributed by atoms with Gasteiger partial charge in [0.15, 0.2) is 11.5 Å². The van der Waals surface area contributed by atoms with Crippen molar-refractivity contribution in [3.63, 3.8) is 0 Å². The maximum atomic E-state index is 13.4. The van der Waals surface area contributed by atoms with Gasteiger partial charge in [0.05, 0.1) is 19.3 Å². The van der Waals surface area contributed by atoms with E-state index in [2.05, 4.69) is 32.3 Å². The second-order valence-electron chi connectivity index (χ2n) is 8.96. The highest BCUT2D eigenvalue weighted by Crippen LogP contribution is 2.36.